The summed E-state index contributed by atoms with van der Waals surface area (Å²) < 4.78 is 0. The summed E-state index contributed by atoms with van der Waals surface area (Å²) in [5, 5.41) is 6.34. The Labute approximate surface area is 117 Å². The van der Waals surface area contributed by atoms with E-state index in [-0.39, 0.29) is 0 Å². The Morgan fingerprint density at radius 1 is 1.26 bits per heavy atom. The van der Waals surface area contributed by atoms with E-state index in [9.17, 15) is 0 Å². The fourth-order valence-electron chi connectivity index (χ4n) is 2.52. The Morgan fingerprint density at radius 2 is 2.00 bits per heavy atom. The molecule has 1 fully saturated rings. The van der Waals surface area contributed by atoms with Gasteiger partial charge in [-0.05, 0) is 29.7 Å². The lowest BCUT2D eigenvalue weighted by molar-refractivity contribution is 0.279. The van der Waals surface area contributed by atoms with Crippen LogP contribution in [0.2, 0.25) is 0 Å². The first-order valence-corrected chi connectivity index (χ1v) is 7.65. The predicted molar refractivity (Wildman–Crippen MR) is 82.2 cm³/mol. The zero-order valence-corrected chi connectivity index (χ0v) is 12.5. The highest BCUT2D eigenvalue weighted by molar-refractivity contribution is 7.16. The molecule has 0 aliphatic carbocycles. The average molecular weight is 276 g/mol. The first-order valence-electron chi connectivity index (χ1n) is 6.77. The van der Waals surface area contributed by atoms with Crippen LogP contribution in [0.4, 0.5) is 11.8 Å². The molecule has 0 aromatic carbocycles. The van der Waals surface area contributed by atoms with E-state index in [0.29, 0.717) is 5.41 Å². The van der Waals surface area contributed by atoms with Gasteiger partial charge >= 0.3 is 0 Å². The van der Waals surface area contributed by atoms with E-state index in [1.165, 1.54) is 18.2 Å². The molecule has 1 saturated heterocycles. The maximum absolute atomic E-state index is 4.67. The molecule has 1 N–H and O–H groups in total. The minimum atomic E-state index is 0.461. The zero-order chi connectivity index (χ0) is 13.5. The molecule has 2 aromatic heterocycles. The molecule has 1 aliphatic heterocycles. The smallest absolute Gasteiger partial charge is 0.225 e. The first-order chi connectivity index (χ1) is 9.09. The number of nitrogens with zero attached hydrogens (tertiary/aromatic N) is 3. The SMILES string of the molecule is CNc1nc(N2CCC(C)(C)CC2)c2ccsc2n1. The van der Waals surface area contributed by atoms with E-state index >= 15 is 0 Å². The van der Waals surface area contributed by atoms with Gasteiger partial charge < -0.3 is 10.2 Å². The Balaban J connectivity index is 1.98. The topological polar surface area (TPSA) is 41.1 Å². The maximum Gasteiger partial charge on any atom is 0.225 e. The van der Waals surface area contributed by atoms with Crippen molar-refractivity contribution in [2.24, 2.45) is 5.41 Å². The van der Waals surface area contributed by atoms with Crippen LogP contribution in [0.1, 0.15) is 26.7 Å². The van der Waals surface area contributed by atoms with Crippen molar-refractivity contribution in [2.75, 3.05) is 30.4 Å². The van der Waals surface area contributed by atoms with Crippen LogP contribution in [0.3, 0.4) is 0 Å². The number of aromatic nitrogens is 2. The van der Waals surface area contributed by atoms with Crippen molar-refractivity contribution < 1.29 is 0 Å². The van der Waals surface area contributed by atoms with Crippen LogP contribution in [0.15, 0.2) is 11.4 Å². The van der Waals surface area contributed by atoms with Crippen molar-refractivity contribution >= 4 is 33.3 Å². The molecule has 0 amide bonds. The van der Waals surface area contributed by atoms with E-state index in [2.05, 4.69) is 45.5 Å². The van der Waals surface area contributed by atoms with Gasteiger partial charge in [0.05, 0.1) is 5.39 Å². The zero-order valence-electron chi connectivity index (χ0n) is 11.7. The van der Waals surface area contributed by atoms with E-state index in [1.807, 2.05) is 7.05 Å². The number of piperidine rings is 1. The lowest BCUT2D eigenvalue weighted by atomic mass is 9.82. The van der Waals surface area contributed by atoms with Gasteiger partial charge in [-0.3, -0.25) is 0 Å². The van der Waals surface area contributed by atoms with Gasteiger partial charge in [0.1, 0.15) is 10.6 Å². The molecule has 5 heteroatoms. The number of fused-ring (bicyclic) bond motifs is 1. The van der Waals surface area contributed by atoms with Crippen LogP contribution in [-0.2, 0) is 0 Å². The second-order valence-corrected chi connectivity index (χ2v) is 6.81. The molecule has 0 saturated carbocycles. The molecule has 0 spiro atoms. The number of hydrogen-bond acceptors (Lipinski definition) is 5. The molecule has 4 nitrogen and oxygen atoms in total. The van der Waals surface area contributed by atoms with Gasteiger partial charge in [-0.2, -0.15) is 4.98 Å². The van der Waals surface area contributed by atoms with Crippen molar-refractivity contribution in [3.63, 3.8) is 0 Å². The van der Waals surface area contributed by atoms with E-state index in [0.717, 1.165) is 29.7 Å². The standard InChI is InChI=1S/C14H20N4S/c1-14(2)5-7-18(8-6-14)11-10-4-9-19-12(10)17-13(15-3)16-11/h4,9H,5-8H2,1-3H3,(H,15,16,17). The number of hydrogen-bond donors (Lipinski definition) is 1. The number of thiophene rings is 1. The third-order valence-electron chi connectivity index (χ3n) is 3.95. The largest absolute Gasteiger partial charge is 0.357 e. The van der Waals surface area contributed by atoms with Gasteiger partial charge in [-0.25, -0.2) is 4.98 Å². The molecule has 2 aromatic rings. The molecular weight excluding hydrogens is 256 g/mol. The van der Waals surface area contributed by atoms with Crippen molar-refractivity contribution in [3.8, 4) is 0 Å². The summed E-state index contributed by atoms with van der Waals surface area (Å²) in [6.45, 7) is 6.86. The Hall–Kier alpha value is -1.36. The van der Waals surface area contributed by atoms with Gasteiger partial charge in [0.25, 0.3) is 0 Å². The van der Waals surface area contributed by atoms with Gasteiger partial charge in [-0.1, -0.05) is 13.8 Å². The summed E-state index contributed by atoms with van der Waals surface area (Å²) in [6.07, 6.45) is 2.44. The lowest BCUT2D eigenvalue weighted by Crippen LogP contribution is -2.37. The summed E-state index contributed by atoms with van der Waals surface area (Å²) in [5.41, 5.74) is 0.461. The fourth-order valence-corrected chi connectivity index (χ4v) is 3.27. The molecule has 0 atom stereocenters. The van der Waals surface area contributed by atoms with Gasteiger partial charge in [-0.15, -0.1) is 11.3 Å². The summed E-state index contributed by atoms with van der Waals surface area (Å²) in [4.78, 5) is 12.7. The van der Waals surface area contributed by atoms with Crippen molar-refractivity contribution in [3.05, 3.63) is 11.4 Å². The normalized spacial score (nSPS) is 18.8. The molecule has 0 unspecified atom stereocenters. The molecule has 0 bridgehead atoms. The highest BCUT2D eigenvalue weighted by Crippen LogP contribution is 2.35. The van der Waals surface area contributed by atoms with Crippen LogP contribution in [0, 0.1) is 5.41 Å². The first kappa shape index (κ1) is 12.7. The van der Waals surface area contributed by atoms with Crippen molar-refractivity contribution in [1.29, 1.82) is 0 Å². The van der Waals surface area contributed by atoms with Gasteiger partial charge in [0.15, 0.2) is 0 Å². The average Bonchev–Trinajstić information content (AvgIpc) is 2.86. The predicted octanol–water partition coefficient (Wildman–Crippen LogP) is 3.36. The van der Waals surface area contributed by atoms with Crippen molar-refractivity contribution in [1.82, 2.24) is 9.97 Å². The summed E-state index contributed by atoms with van der Waals surface area (Å²) in [6, 6.07) is 2.13. The molecule has 3 rings (SSSR count). The van der Waals surface area contributed by atoms with Crippen molar-refractivity contribution in [2.45, 2.75) is 26.7 Å². The minimum absolute atomic E-state index is 0.461. The van der Waals surface area contributed by atoms with E-state index in [1.54, 1.807) is 11.3 Å². The second kappa shape index (κ2) is 4.63. The highest BCUT2D eigenvalue weighted by atomic mass is 32.1. The number of nitrogens with one attached hydrogen (secondary N) is 1. The quantitative estimate of drug-likeness (QED) is 0.913. The second-order valence-electron chi connectivity index (χ2n) is 5.91. The third kappa shape index (κ3) is 2.39. The molecule has 3 heterocycles. The van der Waals surface area contributed by atoms with Crippen LogP contribution in [0.5, 0.6) is 0 Å². The molecule has 0 radical (unpaired) electrons. The van der Waals surface area contributed by atoms with Crippen LogP contribution < -0.4 is 10.2 Å². The summed E-state index contributed by atoms with van der Waals surface area (Å²) in [5.74, 6) is 1.81. The number of rotatable bonds is 2. The van der Waals surface area contributed by atoms with Crippen LogP contribution in [-0.4, -0.2) is 30.1 Å². The molecule has 102 valence electrons. The van der Waals surface area contributed by atoms with Gasteiger partial charge in [0.2, 0.25) is 5.95 Å². The lowest BCUT2D eigenvalue weighted by Gasteiger charge is -2.37. The third-order valence-corrected chi connectivity index (χ3v) is 4.75. The molecule has 19 heavy (non-hydrogen) atoms. The molecule has 1 aliphatic rings. The van der Waals surface area contributed by atoms with Crippen LogP contribution in [0.25, 0.3) is 10.2 Å². The summed E-state index contributed by atoms with van der Waals surface area (Å²) >= 11 is 1.68. The number of anilines is 2. The molecular formula is C14H20N4S. The fraction of sp³-hybridized carbons (Fsp3) is 0.571. The van der Waals surface area contributed by atoms with Crippen LogP contribution >= 0.6 is 11.3 Å². The van der Waals surface area contributed by atoms with E-state index < -0.39 is 0 Å². The Morgan fingerprint density at radius 3 is 2.68 bits per heavy atom. The maximum atomic E-state index is 4.67. The monoisotopic (exact) mass is 276 g/mol. The highest BCUT2D eigenvalue weighted by Gasteiger charge is 2.27. The van der Waals surface area contributed by atoms with E-state index in [4.69, 9.17) is 0 Å². The minimum Gasteiger partial charge on any atom is -0.357 e. The Bertz CT molecular complexity index is 580. The Kier molecular flexibility index (Phi) is 3.09. The summed E-state index contributed by atoms with van der Waals surface area (Å²) in [7, 11) is 1.87. The van der Waals surface area contributed by atoms with Gasteiger partial charge in [0, 0.05) is 20.1 Å².